The standard InChI is InChI=1S/C19H16N8O3/c1-30-8-4-2-7(3-5-8)9-10-13-12(14(20)23-6-22-13)15(21)24-16(10)25-17-11(9)18(28)27-19(29)26-17/h2-6,9H,1H3,(H2,20,22,23)(H5,21,24,25,26,27,28,29). The summed E-state index contributed by atoms with van der Waals surface area (Å²) < 4.78 is 5.24. The van der Waals surface area contributed by atoms with Crippen LogP contribution in [0, 0.1) is 0 Å². The van der Waals surface area contributed by atoms with Crippen LogP contribution in [-0.2, 0) is 0 Å². The van der Waals surface area contributed by atoms with Gasteiger partial charge in [-0.25, -0.2) is 19.7 Å². The summed E-state index contributed by atoms with van der Waals surface area (Å²) in [6, 6.07) is 7.24. The van der Waals surface area contributed by atoms with Crippen molar-refractivity contribution in [3.63, 3.8) is 0 Å². The van der Waals surface area contributed by atoms with Crippen molar-refractivity contribution in [2.45, 2.75) is 5.92 Å². The third-order valence-electron chi connectivity index (χ3n) is 5.12. The molecule has 0 amide bonds. The molecule has 5 rings (SSSR count). The fourth-order valence-corrected chi connectivity index (χ4v) is 3.84. The lowest BCUT2D eigenvalue weighted by Gasteiger charge is -2.28. The summed E-state index contributed by atoms with van der Waals surface area (Å²) in [7, 11) is 1.57. The van der Waals surface area contributed by atoms with E-state index in [2.05, 4.69) is 30.2 Å². The van der Waals surface area contributed by atoms with Gasteiger partial charge < -0.3 is 21.5 Å². The number of fused-ring (bicyclic) bond motifs is 4. The van der Waals surface area contributed by atoms with Gasteiger partial charge in [0.25, 0.3) is 5.56 Å². The van der Waals surface area contributed by atoms with Crippen molar-refractivity contribution in [3.05, 3.63) is 68.1 Å². The van der Waals surface area contributed by atoms with Gasteiger partial charge in [-0.3, -0.25) is 14.8 Å². The van der Waals surface area contributed by atoms with E-state index in [1.807, 2.05) is 12.1 Å². The maximum Gasteiger partial charge on any atom is 0.327 e. The van der Waals surface area contributed by atoms with E-state index >= 15 is 0 Å². The summed E-state index contributed by atoms with van der Waals surface area (Å²) in [5, 5.41) is 3.41. The number of nitrogens with zero attached hydrogens (tertiary/aromatic N) is 3. The molecule has 4 heterocycles. The van der Waals surface area contributed by atoms with Gasteiger partial charge in [0.05, 0.1) is 23.6 Å². The summed E-state index contributed by atoms with van der Waals surface area (Å²) in [4.78, 5) is 42.4. The molecule has 4 aromatic rings. The zero-order valence-electron chi connectivity index (χ0n) is 15.7. The maximum absolute atomic E-state index is 12.8. The van der Waals surface area contributed by atoms with Crippen LogP contribution in [0.5, 0.6) is 5.75 Å². The van der Waals surface area contributed by atoms with Gasteiger partial charge in [-0.15, -0.1) is 0 Å². The Morgan fingerprint density at radius 2 is 1.77 bits per heavy atom. The first-order chi connectivity index (χ1) is 14.5. The number of nitrogen functional groups attached to an aromatic ring is 2. The molecule has 1 unspecified atom stereocenters. The average molecular weight is 404 g/mol. The van der Waals surface area contributed by atoms with Gasteiger partial charge in [-0.2, -0.15) is 0 Å². The zero-order chi connectivity index (χ0) is 21.0. The fraction of sp³-hybridized carbons (Fsp3) is 0.105. The number of H-pyrrole nitrogens is 2. The van der Waals surface area contributed by atoms with Crippen molar-refractivity contribution >= 4 is 34.2 Å². The van der Waals surface area contributed by atoms with Crippen molar-refractivity contribution in [1.82, 2.24) is 24.9 Å². The van der Waals surface area contributed by atoms with Crippen LogP contribution in [0.3, 0.4) is 0 Å². The number of nitrogens with one attached hydrogen (secondary N) is 3. The number of aromatic amines is 2. The number of hydrogen-bond donors (Lipinski definition) is 5. The summed E-state index contributed by atoms with van der Waals surface area (Å²) in [6.45, 7) is 0. The average Bonchev–Trinajstić information content (AvgIpc) is 2.72. The predicted octanol–water partition coefficient (Wildman–Crippen LogP) is 0.812. The first-order valence-corrected chi connectivity index (χ1v) is 8.95. The summed E-state index contributed by atoms with van der Waals surface area (Å²) in [6.07, 6.45) is 1.33. The minimum absolute atomic E-state index is 0.137. The molecule has 0 fully saturated rings. The number of nitrogens with two attached hydrogens (primary N) is 2. The van der Waals surface area contributed by atoms with Crippen molar-refractivity contribution in [3.8, 4) is 5.75 Å². The molecule has 0 saturated heterocycles. The van der Waals surface area contributed by atoms with Gasteiger partial charge >= 0.3 is 5.69 Å². The fourth-order valence-electron chi connectivity index (χ4n) is 3.84. The Hall–Kier alpha value is -4.41. The van der Waals surface area contributed by atoms with Gasteiger partial charge in [-0.05, 0) is 17.7 Å². The molecule has 1 aromatic carbocycles. The Bertz CT molecular complexity index is 1430. The largest absolute Gasteiger partial charge is 0.497 e. The third-order valence-corrected chi connectivity index (χ3v) is 5.12. The van der Waals surface area contributed by atoms with E-state index in [-0.39, 0.29) is 17.5 Å². The van der Waals surface area contributed by atoms with Gasteiger partial charge in [-0.1, -0.05) is 12.1 Å². The number of anilines is 4. The summed E-state index contributed by atoms with van der Waals surface area (Å²) in [5.74, 6) is 0.988. The number of hydrogen-bond acceptors (Lipinski definition) is 9. The first-order valence-electron chi connectivity index (χ1n) is 8.95. The molecule has 0 spiro atoms. The van der Waals surface area contributed by atoms with E-state index in [0.717, 1.165) is 5.56 Å². The normalized spacial score (nSPS) is 14.6. The molecule has 0 aliphatic carbocycles. The zero-order valence-corrected chi connectivity index (χ0v) is 15.7. The molecule has 0 bridgehead atoms. The number of pyridine rings is 1. The van der Waals surface area contributed by atoms with Gasteiger partial charge in [0, 0.05) is 11.5 Å². The molecule has 1 aliphatic rings. The number of methoxy groups -OCH3 is 1. The van der Waals surface area contributed by atoms with E-state index in [0.29, 0.717) is 33.6 Å². The van der Waals surface area contributed by atoms with Crippen LogP contribution in [0.25, 0.3) is 10.9 Å². The Labute approximate surface area is 168 Å². The lowest BCUT2D eigenvalue weighted by molar-refractivity contribution is 0.414. The van der Waals surface area contributed by atoms with E-state index in [9.17, 15) is 9.59 Å². The molecule has 30 heavy (non-hydrogen) atoms. The molecule has 11 heteroatoms. The van der Waals surface area contributed by atoms with Gasteiger partial charge in [0.1, 0.15) is 35.3 Å². The molecule has 11 nitrogen and oxygen atoms in total. The second kappa shape index (κ2) is 6.30. The smallest absolute Gasteiger partial charge is 0.327 e. The molecular formula is C19H16N8O3. The van der Waals surface area contributed by atoms with Crippen molar-refractivity contribution in [2.24, 2.45) is 0 Å². The maximum atomic E-state index is 12.8. The Balaban J connectivity index is 1.90. The SMILES string of the molecule is COc1ccc(C2c3c([nH]c(=O)[nH]c3=O)Nc3nc(N)c4c(N)ncnc4c32)cc1. The van der Waals surface area contributed by atoms with E-state index in [1.165, 1.54) is 6.33 Å². The summed E-state index contributed by atoms with van der Waals surface area (Å²) in [5.41, 5.74) is 13.1. The Kier molecular flexibility index (Phi) is 3.71. The van der Waals surface area contributed by atoms with Crippen molar-refractivity contribution < 1.29 is 4.74 Å². The quantitative estimate of drug-likeness (QED) is 0.285. The molecule has 150 valence electrons. The molecule has 3 aromatic heterocycles. The lowest BCUT2D eigenvalue weighted by atomic mass is 9.83. The van der Waals surface area contributed by atoms with Crippen molar-refractivity contribution in [1.29, 1.82) is 0 Å². The third kappa shape index (κ3) is 2.49. The predicted molar refractivity (Wildman–Crippen MR) is 111 cm³/mol. The Morgan fingerprint density at radius 3 is 2.50 bits per heavy atom. The summed E-state index contributed by atoms with van der Waals surface area (Å²) >= 11 is 0. The number of benzene rings is 1. The second-order valence-corrected chi connectivity index (χ2v) is 6.77. The van der Waals surface area contributed by atoms with E-state index < -0.39 is 17.2 Å². The molecule has 1 atom stereocenters. The number of ether oxygens (including phenoxy) is 1. The highest BCUT2D eigenvalue weighted by Gasteiger charge is 2.34. The second-order valence-electron chi connectivity index (χ2n) is 6.77. The Morgan fingerprint density at radius 1 is 1.00 bits per heavy atom. The minimum atomic E-state index is -0.636. The van der Waals surface area contributed by atoms with E-state index in [4.69, 9.17) is 16.2 Å². The van der Waals surface area contributed by atoms with E-state index in [1.54, 1.807) is 19.2 Å². The highest BCUT2D eigenvalue weighted by Crippen LogP contribution is 2.45. The first kappa shape index (κ1) is 17.7. The monoisotopic (exact) mass is 404 g/mol. The van der Waals surface area contributed by atoms with Crippen LogP contribution >= 0.6 is 0 Å². The lowest BCUT2D eigenvalue weighted by Crippen LogP contribution is -2.32. The highest BCUT2D eigenvalue weighted by molar-refractivity contribution is 6.01. The van der Waals surface area contributed by atoms with Crippen LogP contribution in [0.4, 0.5) is 23.3 Å². The highest BCUT2D eigenvalue weighted by atomic mass is 16.5. The molecule has 0 saturated carbocycles. The van der Waals surface area contributed by atoms with Crippen LogP contribution in [-0.4, -0.2) is 32.0 Å². The van der Waals surface area contributed by atoms with Crippen LogP contribution < -0.4 is 32.8 Å². The topological polar surface area (TPSA) is 178 Å². The number of rotatable bonds is 2. The van der Waals surface area contributed by atoms with Crippen LogP contribution in [0.15, 0.2) is 40.2 Å². The van der Waals surface area contributed by atoms with Crippen molar-refractivity contribution in [2.75, 3.05) is 23.9 Å². The van der Waals surface area contributed by atoms with Crippen LogP contribution in [0.2, 0.25) is 0 Å². The molecule has 7 N–H and O–H groups in total. The number of aromatic nitrogens is 5. The van der Waals surface area contributed by atoms with Gasteiger partial charge in [0.15, 0.2) is 0 Å². The molecular weight excluding hydrogens is 388 g/mol. The van der Waals surface area contributed by atoms with Gasteiger partial charge in [0.2, 0.25) is 0 Å². The molecule has 0 radical (unpaired) electrons. The molecule has 1 aliphatic heterocycles. The minimum Gasteiger partial charge on any atom is -0.497 e. The van der Waals surface area contributed by atoms with Crippen LogP contribution in [0.1, 0.15) is 22.6 Å².